The lowest BCUT2D eigenvalue weighted by Crippen LogP contribution is -1.94. The number of nitrogens with one attached hydrogen (secondary N) is 1. The van der Waals surface area contributed by atoms with E-state index in [0.29, 0.717) is 0 Å². The van der Waals surface area contributed by atoms with Gasteiger partial charge in [0.2, 0.25) is 0 Å². The zero-order valence-electron chi connectivity index (χ0n) is 11.6. The van der Waals surface area contributed by atoms with E-state index in [1.54, 1.807) is 31.1 Å². The Morgan fingerprint density at radius 1 is 1.00 bits per heavy atom. The second-order valence-corrected chi connectivity index (χ2v) is 4.75. The van der Waals surface area contributed by atoms with Crippen molar-refractivity contribution in [2.45, 2.75) is 0 Å². The molecule has 0 fully saturated rings. The van der Waals surface area contributed by atoms with Crippen molar-refractivity contribution < 1.29 is 0 Å². The summed E-state index contributed by atoms with van der Waals surface area (Å²) in [5, 5.41) is 7.19. The van der Waals surface area contributed by atoms with Gasteiger partial charge in [0.05, 0.1) is 17.6 Å². The molecule has 0 unspecified atom stereocenters. The number of pyridine rings is 2. The van der Waals surface area contributed by atoms with Gasteiger partial charge in [0.15, 0.2) is 0 Å². The molecule has 22 heavy (non-hydrogen) atoms. The molecule has 106 valence electrons. The smallest absolute Gasteiger partial charge is 0.138 e. The van der Waals surface area contributed by atoms with Crippen molar-refractivity contribution in [1.82, 2.24) is 29.7 Å². The van der Waals surface area contributed by atoms with Crippen molar-refractivity contribution >= 4 is 0 Å². The van der Waals surface area contributed by atoms with Crippen LogP contribution in [0.15, 0.2) is 67.6 Å². The Balaban J connectivity index is 1.81. The van der Waals surface area contributed by atoms with Gasteiger partial charge in [-0.2, -0.15) is 5.10 Å². The zero-order chi connectivity index (χ0) is 14.8. The summed E-state index contributed by atoms with van der Waals surface area (Å²) in [7, 11) is 0. The van der Waals surface area contributed by atoms with Crippen LogP contribution in [0.25, 0.3) is 28.3 Å². The molecule has 0 saturated carbocycles. The largest absolute Gasteiger partial charge is 0.291 e. The Hall–Kier alpha value is -3.28. The molecule has 6 nitrogen and oxygen atoms in total. The lowest BCUT2D eigenvalue weighted by molar-refractivity contribution is 0.994. The van der Waals surface area contributed by atoms with E-state index in [1.165, 1.54) is 0 Å². The molecule has 0 atom stereocenters. The highest BCUT2D eigenvalue weighted by Gasteiger charge is 2.11. The summed E-state index contributed by atoms with van der Waals surface area (Å²) in [5.41, 5.74) is 3.76. The molecule has 0 aromatic carbocycles. The monoisotopic (exact) mass is 288 g/mol. The summed E-state index contributed by atoms with van der Waals surface area (Å²) in [6.45, 7) is 0. The second kappa shape index (κ2) is 5.25. The topological polar surface area (TPSA) is 72.3 Å². The van der Waals surface area contributed by atoms with E-state index >= 15 is 0 Å². The van der Waals surface area contributed by atoms with E-state index in [1.807, 2.05) is 41.1 Å². The minimum atomic E-state index is 0.808. The van der Waals surface area contributed by atoms with Crippen molar-refractivity contribution in [3.05, 3.63) is 67.6 Å². The SMILES string of the molecule is c1ccc(-c2[nH]ncc2-c2ccnc(-n3ccnc3)c2)nc1. The number of imidazole rings is 1. The average Bonchev–Trinajstić information content (AvgIpc) is 3.27. The van der Waals surface area contributed by atoms with Gasteiger partial charge in [-0.05, 0) is 29.8 Å². The third-order valence-corrected chi connectivity index (χ3v) is 3.39. The molecule has 4 rings (SSSR count). The zero-order valence-corrected chi connectivity index (χ0v) is 11.6. The van der Waals surface area contributed by atoms with E-state index in [9.17, 15) is 0 Å². The summed E-state index contributed by atoms with van der Waals surface area (Å²) in [6, 6.07) is 9.76. The average molecular weight is 288 g/mol. The number of hydrogen-bond donors (Lipinski definition) is 1. The molecule has 0 aliphatic carbocycles. The van der Waals surface area contributed by atoms with Crippen molar-refractivity contribution in [2.75, 3.05) is 0 Å². The molecule has 0 aliphatic heterocycles. The number of aromatic nitrogens is 6. The Morgan fingerprint density at radius 2 is 2.00 bits per heavy atom. The third-order valence-electron chi connectivity index (χ3n) is 3.39. The molecule has 0 radical (unpaired) electrons. The first-order chi connectivity index (χ1) is 10.9. The van der Waals surface area contributed by atoms with E-state index in [4.69, 9.17) is 0 Å². The highest BCUT2D eigenvalue weighted by Crippen LogP contribution is 2.29. The van der Waals surface area contributed by atoms with Crippen LogP contribution in [-0.2, 0) is 0 Å². The summed E-state index contributed by atoms with van der Waals surface area (Å²) in [6.07, 6.45) is 10.7. The van der Waals surface area contributed by atoms with Gasteiger partial charge in [0, 0.05) is 30.4 Å². The summed E-state index contributed by atoms with van der Waals surface area (Å²) >= 11 is 0. The van der Waals surface area contributed by atoms with Crippen LogP contribution in [-0.4, -0.2) is 29.7 Å². The molecule has 1 N–H and O–H groups in total. The fraction of sp³-hybridized carbons (Fsp3) is 0. The Bertz CT molecular complexity index is 880. The van der Waals surface area contributed by atoms with Crippen LogP contribution in [0.1, 0.15) is 0 Å². The van der Waals surface area contributed by atoms with Gasteiger partial charge >= 0.3 is 0 Å². The standard InChI is InChI=1S/C16H12N6/c1-2-5-18-14(3-1)16-13(10-20-21-16)12-4-6-19-15(9-12)22-8-7-17-11-22/h1-11H,(H,20,21). The van der Waals surface area contributed by atoms with Gasteiger partial charge in [-0.25, -0.2) is 9.97 Å². The molecule has 4 heterocycles. The van der Waals surface area contributed by atoms with E-state index in [-0.39, 0.29) is 0 Å². The molecule has 0 aliphatic rings. The molecule has 0 bridgehead atoms. The van der Waals surface area contributed by atoms with Crippen molar-refractivity contribution in [1.29, 1.82) is 0 Å². The lowest BCUT2D eigenvalue weighted by atomic mass is 10.1. The molecule has 0 saturated heterocycles. The number of hydrogen-bond acceptors (Lipinski definition) is 4. The first kappa shape index (κ1) is 12.5. The summed E-state index contributed by atoms with van der Waals surface area (Å²) in [5.74, 6) is 0.808. The van der Waals surface area contributed by atoms with Crippen molar-refractivity contribution in [2.24, 2.45) is 0 Å². The van der Waals surface area contributed by atoms with E-state index in [0.717, 1.165) is 28.3 Å². The molecule has 4 aromatic heterocycles. The van der Waals surface area contributed by atoms with Crippen LogP contribution in [0.3, 0.4) is 0 Å². The quantitative estimate of drug-likeness (QED) is 0.629. The molecular formula is C16H12N6. The van der Waals surface area contributed by atoms with Gasteiger partial charge in [-0.15, -0.1) is 0 Å². The Morgan fingerprint density at radius 3 is 2.82 bits per heavy atom. The predicted octanol–water partition coefficient (Wildman–Crippen LogP) is 2.72. The van der Waals surface area contributed by atoms with E-state index < -0.39 is 0 Å². The van der Waals surface area contributed by atoms with Gasteiger partial charge in [0.25, 0.3) is 0 Å². The van der Waals surface area contributed by atoms with Gasteiger partial charge < -0.3 is 0 Å². The summed E-state index contributed by atoms with van der Waals surface area (Å²) < 4.78 is 1.87. The lowest BCUT2D eigenvalue weighted by Gasteiger charge is -2.05. The van der Waals surface area contributed by atoms with Gasteiger partial charge in [0.1, 0.15) is 12.1 Å². The highest BCUT2D eigenvalue weighted by atomic mass is 15.1. The second-order valence-electron chi connectivity index (χ2n) is 4.75. The Kier molecular flexibility index (Phi) is 2.97. The van der Waals surface area contributed by atoms with Gasteiger partial charge in [-0.1, -0.05) is 6.07 Å². The Labute approximate surface area is 126 Å². The van der Waals surface area contributed by atoms with Crippen LogP contribution in [0.4, 0.5) is 0 Å². The van der Waals surface area contributed by atoms with Crippen molar-refractivity contribution in [3.8, 4) is 28.3 Å². The van der Waals surface area contributed by atoms with Crippen LogP contribution in [0, 0.1) is 0 Å². The third kappa shape index (κ3) is 2.16. The van der Waals surface area contributed by atoms with Gasteiger partial charge in [-0.3, -0.25) is 14.6 Å². The maximum atomic E-state index is 4.38. The molecule has 0 amide bonds. The fourth-order valence-electron chi connectivity index (χ4n) is 2.33. The molecule has 6 heteroatoms. The molecular weight excluding hydrogens is 276 g/mol. The minimum absolute atomic E-state index is 0.808. The van der Waals surface area contributed by atoms with Crippen LogP contribution in [0.5, 0.6) is 0 Å². The van der Waals surface area contributed by atoms with Crippen molar-refractivity contribution in [3.63, 3.8) is 0 Å². The fourth-order valence-corrected chi connectivity index (χ4v) is 2.33. The number of H-pyrrole nitrogens is 1. The van der Waals surface area contributed by atoms with Crippen LogP contribution >= 0.6 is 0 Å². The maximum absolute atomic E-state index is 4.38. The molecule has 0 spiro atoms. The molecule has 4 aromatic rings. The number of aromatic amines is 1. The highest BCUT2D eigenvalue weighted by molar-refractivity contribution is 5.79. The summed E-state index contributed by atoms with van der Waals surface area (Å²) in [4.78, 5) is 12.8. The van der Waals surface area contributed by atoms with Crippen LogP contribution < -0.4 is 0 Å². The normalized spacial score (nSPS) is 10.7. The first-order valence-electron chi connectivity index (χ1n) is 6.81. The maximum Gasteiger partial charge on any atom is 0.138 e. The van der Waals surface area contributed by atoms with E-state index in [2.05, 4.69) is 25.1 Å². The predicted molar refractivity (Wildman–Crippen MR) is 82.2 cm³/mol. The number of rotatable bonds is 3. The number of nitrogens with zero attached hydrogens (tertiary/aromatic N) is 5. The first-order valence-corrected chi connectivity index (χ1v) is 6.81. The minimum Gasteiger partial charge on any atom is -0.291 e. The van der Waals surface area contributed by atoms with Crippen LogP contribution in [0.2, 0.25) is 0 Å².